The first-order valence-corrected chi connectivity index (χ1v) is 8.96. The largest absolute Gasteiger partial charge is 0.450 e. The highest BCUT2D eigenvalue weighted by molar-refractivity contribution is 7.12. The average molecular weight is 415 g/mol. The summed E-state index contributed by atoms with van der Waals surface area (Å²) in [7, 11) is 0. The topological polar surface area (TPSA) is 141 Å². The number of furan rings is 1. The van der Waals surface area contributed by atoms with Crippen LogP contribution in [-0.2, 0) is 9.53 Å². The Balaban J connectivity index is 1.50. The molecule has 0 fully saturated rings. The first kappa shape index (κ1) is 19.8. The molecular weight excluding hydrogens is 402 g/mol. The summed E-state index contributed by atoms with van der Waals surface area (Å²) in [6.45, 7) is -0.628. The molecule has 29 heavy (non-hydrogen) atoms. The van der Waals surface area contributed by atoms with Gasteiger partial charge in [-0.2, -0.15) is 0 Å². The summed E-state index contributed by atoms with van der Waals surface area (Å²) in [4.78, 5) is 45.9. The van der Waals surface area contributed by atoms with E-state index in [9.17, 15) is 24.5 Å². The molecule has 148 valence electrons. The molecule has 1 aromatic carbocycles. The van der Waals surface area contributed by atoms with Gasteiger partial charge in [0, 0.05) is 17.7 Å². The van der Waals surface area contributed by atoms with Gasteiger partial charge in [0.25, 0.3) is 17.5 Å². The van der Waals surface area contributed by atoms with Crippen LogP contribution in [0.15, 0.2) is 58.3 Å². The van der Waals surface area contributed by atoms with Gasteiger partial charge in [0.15, 0.2) is 6.61 Å². The number of thiophene rings is 1. The molecule has 0 bridgehead atoms. The molecule has 0 aliphatic carbocycles. The first-order valence-electron chi connectivity index (χ1n) is 8.08. The number of amides is 2. The van der Waals surface area contributed by atoms with Crippen LogP contribution in [0.4, 0.5) is 5.69 Å². The fourth-order valence-corrected chi connectivity index (χ4v) is 2.80. The second-order valence-electron chi connectivity index (χ2n) is 5.52. The maximum absolute atomic E-state index is 12.0. The SMILES string of the molecule is O=C(COC(=O)c1ccc(-c2ccc([N+](=O)[O-])cc2)o1)NNC(=O)c1cccs1. The molecule has 0 saturated carbocycles. The number of hydrogen-bond acceptors (Lipinski definition) is 8. The van der Waals surface area contributed by atoms with E-state index in [2.05, 4.69) is 10.9 Å². The van der Waals surface area contributed by atoms with Crippen LogP contribution in [0, 0.1) is 10.1 Å². The van der Waals surface area contributed by atoms with Crippen molar-refractivity contribution in [2.24, 2.45) is 0 Å². The highest BCUT2D eigenvalue weighted by Gasteiger charge is 2.16. The fourth-order valence-electron chi connectivity index (χ4n) is 2.18. The van der Waals surface area contributed by atoms with Crippen molar-refractivity contribution in [1.82, 2.24) is 10.9 Å². The number of nitro groups is 1. The molecule has 0 radical (unpaired) electrons. The Kier molecular flexibility index (Phi) is 6.00. The van der Waals surface area contributed by atoms with E-state index >= 15 is 0 Å². The molecule has 3 aromatic rings. The Hall–Kier alpha value is -3.99. The van der Waals surface area contributed by atoms with Crippen LogP contribution >= 0.6 is 11.3 Å². The van der Waals surface area contributed by atoms with Crippen LogP contribution in [0.3, 0.4) is 0 Å². The van der Waals surface area contributed by atoms with E-state index in [0.29, 0.717) is 16.2 Å². The van der Waals surface area contributed by atoms with Crippen LogP contribution in [0.5, 0.6) is 0 Å². The van der Waals surface area contributed by atoms with Gasteiger partial charge in [-0.15, -0.1) is 11.3 Å². The molecule has 0 aliphatic heterocycles. The van der Waals surface area contributed by atoms with Gasteiger partial charge >= 0.3 is 5.97 Å². The Bertz CT molecular complexity index is 1040. The number of hydrogen-bond donors (Lipinski definition) is 2. The molecule has 2 N–H and O–H groups in total. The van der Waals surface area contributed by atoms with Gasteiger partial charge in [0.2, 0.25) is 5.76 Å². The molecule has 2 heterocycles. The van der Waals surface area contributed by atoms with E-state index in [1.54, 1.807) is 17.5 Å². The summed E-state index contributed by atoms with van der Waals surface area (Å²) >= 11 is 1.21. The predicted octanol–water partition coefficient (Wildman–Crippen LogP) is 2.53. The van der Waals surface area contributed by atoms with Crippen molar-refractivity contribution in [1.29, 1.82) is 0 Å². The molecule has 0 saturated heterocycles. The first-order chi connectivity index (χ1) is 13.9. The highest BCUT2D eigenvalue weighted by Crippen LogP contribution is 2.24. The van der Waals surface area contributed by atoms with Crippen molar-refractivity contribution in [3.63, 3.8) is 0 Å². The third-order valence-corrected chi connectivity index (χ3v) is 4.43. The van der Waals surface area contributed by atoms with Crippen molar-refractivity contribution in [3.8, 4) is 11.3 Å². The van der Waals surface area contributed by atoms with Crippen LogP contribution < -0.4 is 10.9 Å². The smallest absolute Gasteiger partial charge is 0.374 e. The number of nitrogens with zero attached hydrogens (tertiary/aromatic N) is 1. The highest BCUT2D eigenvalue weighted by atomic mass is 32.1. The number of non-ortho nitro benzene ring substituents is 1. The Labute approximate surface area is 167 Å². The third kappa shape index (κ3) is 5.05. The van der Waals surface area contributed by atoms with Gasteiger partial charge in [-0.05, 0) is 35.7 Å². The standard InChI is InChI=1S/C18H13N3O7S/c22-16(19-20-17(23)15-2-1-9-29-15)10-27-18(24)14-8-7-13(28-14)11-3-5-12(6-4-11)21(25)26/h1-9H,10H2,(H,19,22)(H,20,23). The summed E-state index contributed by atoms with van der Waals surface area (Å²) in [5.41, 5.74) is 4.78. The summed E-state index contributed by atoms with van der Waals surface area (Å²) < 4.78 is 10.2. The number of esters is 1. The van der Waals surface area contributed by atoms with Gasteiger partial charge in [-0.1, -0.05) is 6.07 Å². The molecule has 2 aromatic heterocycles. The summed E-state index contributed by atoms with van der Waals surface area (Å²) in [5.74, 6) is -1.94. The number of carbonyl (C=O) groups is 3. The monoisotopic (exact) mass is 415 g/mol. The molecule has 2 amide bonds. The average Bonchev–Trinajstić information content (AvgIpc) is 3.42. The van der Waals surface area contributed by atoms with E-state index in [-0.39, 0.29) is 11.4 Å². The Morgan fingerprint density at radius 2 is 1.83 bits per heavy atom. The molecule has 3 rings (SSSR count). The lowest BCUT2D eigenvalue weighted by Crippen LogP contribution is -2.43. The molecular formula is C18H13N3O7S. The quantitative estimate of drug-likeness (QED) is 0.358. The summed E-state index contributed by atoms with van der Waals surface area (Å²) in [6.07, 6.45) is 0. The molecule has 0 spiro atoms. The Morgan fingerprint density at radius 3 is 2.48 bits per heavy atom. The van der Waals surface area contributed by atoms with Gasteiger partial charge in [0.05, 0.1) is 9.80 Å². The lowest BCUT2D eigenvalue weighted by molar-refractivity contribution is -0.384. The number of carbonyl (C=O) groups excluding carboxylic acids is 3. The zero-order valence-corrected chi connectivity index (χ0v) is 15.4. The zero-order valence-electron chi connectivity index (χ0n) is 14.6. The minimum Gasteiger partial charge on any atom is -0.450 e. The molecule has 0 atom stereocenters. The van der Waals surface area contributed by atoms with Crippen molar-refractivity contribution >= 4 is 34.8 Å². The number of benzene rings is 1. The van der Waals surface area contributed by atoms with Crippen LogP contribution in [0.2, 0.25) is 0 Å². The minimum atomic E-state index is -0.877. The lowest BCUT2D eigenvalue weighted by Gasteiger charge is -2.06. The second kappa shape index (κ2) is 8.80. The summed E-state index contributed by atoms with van der Waals surface area (Å²) in [6, 6.07) is 11.7. The summed E-state index contributed by atoms with van der Waals surface area (Å²) in [5, 5.41) is 12.4. The number of nitrogens with one attached hydrogen (secondary N) is 2. The lowest BCUT2D eigenvalue weighted by atomic mass is 10.1. The van der Waals surface area contributed by atoms with E-state index in [1.165, 1.54) is 47.7 Å². The van der Waals surface area contributed by atoms with E-state index in [0.717, 1.165) is 0 Å². The second-order valence-corrected chi connectivity index (χ2v) is 6.47. The van der Waals surface area contributed by atoms with Crippen molar-refractivity contribution in [3.05, 3.63) is 74.7 Å². The van der Waals surface area contributed by atoms with E-state index in [4.69, 9.17) is 9.15 Å². The minimum absolute atomic E-state index is 0.0721. The van der Waals surface area contributed by atoms with Crippen molar-refractivity contribution < 1.29 is 28.5 Å². The maximum Gasteiger partial charge on any atom is 0.374 e. The Morgan fingerprint density at radius 1 is 1.07 bits per heavy atom. The van der Waals surface area contributed by atoms with Gasteiger partial charge in [-0.25, -0.2) is 4.79 Å². The molecule has 0 unspecified atom stereocenters. The fraction of sp³-hybridized carbons (Fsp3) is 0.0556. The predicted molar refractivity (Wildman–Crippen MR) is 101 cm³/mol. The maximum atomic E-state index is 12.0. The van der Waals surface area contributed by atoms with Gasteiger partial charge < -0.3 is 9.15 Å². The third-order valence-electron chi connectivity index (χ3n) is 3.56. The number of ether oxygens (including phenoxy) is 1. The van der Waals surface area contributed by atoms with Gasteiger partial charge in [-0.3, -0.25) is 30.6 Å². The zero-order chi connectivity index (χ0) is 20.8. The number of rotatable bonds is 6. The van der Waals surface area contributed by atoms with Crippen molar-refractivity contribution in [2.45, 2.75) is 0 Å². The van der Waals surface area contributed by atoms with E-state index in [1.807, 2.05) is 0 Å². The normalized spacial score (nSPS) is 10.2. The van der Waals surface area contributed by atoms with E-state index < -0.39 is 29.3 Å². The van der Waals surface area contributed by atoms with Crippen LogP contribution in [-0.4, -0.2) is 29.3 Å². The molecule has 11 heteroatoms. The number of hydrazine groups is 1. The van der Waals surface area contributed by atoms with Crippen LogP contribution in [0.25, 0.3) is 11.3 Å². The van der Waals surface area contributed by atoms with Crippen LogP contribution in [0.1, 0.15) is 20.2 Å². The molecule has 0 aliphatic rings. The molecule has 10 nitrogen and oxygen atoms in total. The van der Waals surface area contributed by atoms with Crippen molar-refractivity contribution in [2.75, 3.05) is 6.61 Å². The van der Waals surface area contributed by atoms with Gasteiger partial charge in [0.1, 0.15) is 5.76 Å². The number of nitro benzene ring substituents is 1.